The van der Waals surface area contributed by atoms with Crippen LogP contribution in [0.2, 0.25) is 0 Å². The molecule has 2 aromatic rings. The number of rotatable bonds is 3. The molecule has 0 radical (unpaired) electrons. The zero-order chi connectivity index (χ0) is 17.4. The van der Waals surface area contributed by atoms with E-state index < -0.39 is 0 Å². The molecule has 2 aromatic heterocycles. The molecular weight excluding hydrogens is 316 g/mol. The van der Waals surface area contributed by atoms with Gasteiger partial charge in [0.25, 0.3) is 0 Å². The molecule has 0 aromatic carbocycles. The van der Waals surface area contributed by atoms with E-state index in [0.29, 0.717) is 24.7 Å². The van der Waals surface area contributed by atoms with Crippen molar-refractivity contribution in [1.82, 2.24) is 29.7 Å². The summed E-state index contributed by atoms with van der Waals surface area (Å²) >= 11 is 0. The second-order valence-electron chi connectivity index (χ2n) is 7.36. The molecule has 4 heterocycles. The molecule has 0 spiro atoms. The van der Waals surface area contributed by atoms with Crippen LogP contribution < -0.4 is 5.32 Å². The standard InChI is InChI=1S/C18H26N6O/c1-13(2)24-14-6-7-15(24)12-22(10-8-14)18(25)19-11-17-21-20-16-5-3-4-9-23(16)17/h3-5,9,13-15H,6-8,10-12H2,1-2H3,(H,19,25)/t14-,15-/m0/s1. The highest BCUT2D eigenvalue weighted by atomic mass is 16.2. The second kappa shape index (κ2) is 6.63. The van der Waals surface area contributed by atoms with E-state index in [1.165, 1.54) is 12.8 Å². The number of nitrogens with one attached hydrogen (secondary N) is 1. The van der Waals surface area contributed by atoms with E-state index in [1.54, 1.807) is 0 Å². The minimum Gasteiger partial charge on any atom is -0.331 e. The van der Waals surface area contributed by atoms with Gasteiger partial charge in [0.1, 0.15) is 0 Å². The minimum absolute atomic E-state index is 0.00365. The fourth-order valence-corrected chi connectivity index (χ4v) is 4.42. The van der Waals surface area contributed by atoms with E-state index in [0.717, 1.165) is 31.0 Å². The molecule has 2 fully saturated rings. The molecule has 0 aliphatic carbocycles. The number of carbonyl (C=O) groups is 1. The SMILES string of the molecule is CC(C)N1[C@H]2CC[C@H]1CN(C(=O)NCc1nnc3ccccn13)CC2. The molecule has 25 heavy (non-hydrogen) atoms. The average Bonchev–Trinajstić information content (AvgIpc) is 3.13. The highest BCUT2D eigenvalue weighted by Crippen LogP contribution is 2.31. The van der Waals surface area contributed by atoms with Crippen molar-refractivity contribution in [1.29, 1.82) is 0 Å². The smallest absolute Gasteiger partial charge is 0.317 e. The third-order valence-corrected chi connectivity index (χ3v) is 5.51. The molecule has 0 saturated carbocycles. The number of nitrogens with zero attached hydrogens (tertiary/aromatic N) is 5. The number of carbonyl (C=O) groups excluding carboxylic acids is 1. The summed E-state index contributed by atoms with van der Waals surface area (Å²) in [4.78, 5) is 17.3. The summed E-state index contributed by atoms with van der Waals surface area (Å²) in [5.74, 6) is 0.754. The van der Waals surface area contributed by atoms with Crippen LogP contribution in [-0.4, -0.2) is 61.6 Å². The molecule has 2 aliphatic rings. The molecule has 134 valence electrons. The normalized spacial score (nSPS) is 24.0. The lowest BCUT2D eigenvalue weighted by Gasteiger charge is -2.32. The maximum Gasteiger partial charge on any atom is 0.317 e. The van der Waals surface area contributed by atoms with Gasteiger partial charge in [-0.2, -0.15) is 0 Å². The quantitative estimate of drug-likeness (QED) is 0.925. The number of pyridine rings is 1. The summed E-state index contributed by atoms with van der Waals surface area (Å²) in [5.41, 5.74) is 0.798. The molecule has 0 unspecified atom stereocenters. The lowest BCUT2D eigenvalue weighted by Crippen LogP contribution is -2.46. The number of hydrogen-bond acceptors (Lipinski definition) is 4. The van der Waals surface area contributed by atoms with Gasteiger partial charge in [0, 0.05) is 37.4 Å². The van der Waals surface area contributed by atoms with Crippen molar-refractivity contribution in [3.8, 4) is 0 Å². The Hall–Kier alpha value is -2.15. The first-order chi connectivity index (χ1) is 12.1. The minimum atomic E-state index is 0.00365. The largest absolute Gasteiger partial charge is 0.331 e. The van der Waals surface area contributed by atoms with Crippen molar-refractivity contribution in [3.63, 3.8) is 0 Å². The summed E-state index contributed by atoms with van der Waals surface area (Å²) in [6, 6.07) is 7.44. The molecule has 7 heteroatoms. The highest BCUT2D eigenvalue weighted by molar-refractivity contribution is 5.74. The summed E-state index contributed by atoms with van der Waals surface area (Å²) in [6.07, 6.45) is 5.45. The van der Waals surface area contributed by atoms with Crippen molar-refractivity contribution in [2.45, 2.75) is 57.8 Å². The van der Waals surface area contributed by atoms with Gasteiger partial charge in [-0.25, -0.2) is 4.79 Å². The predicted octanol–water partition coefficient (Wildman–Crippen LogP) is 1.89. The molecule has 7 nitrogen and oxygen atoms in total. The molecule has 2 saturated heterocycles. The Bertz CT molecular complexity index is 757. The maximum absolute atomic E-state index is 12.7. The second-order valence-corrected chi connectivity index (χ2v) is 7.36. The Morgan fingerprint density at radius 2 is 2.08 bits per heavy atom. The topological polar surface area (TPSA) is 65.8 Å². The lowest BCUT2D eigenvalue weighted by molar-refractivity contribution is 0.147. The van der Waals surface area contributed by atoms with Gasteiger partial charge in [0.15, 0.2) is 11.5 Å². The van der Waals surface area contributed by atoms with Crippen LogP contribution in [0.1, 0.15) is 38.9 Å². The molecule has 2 bridgehead atoms. The Morgan fingerprint density at radius 1 is 1.24 bits per heavy atom. The van der Waals surface area contributed by atoms with Gasteiger partial charge in [-0.05, 0) is 45.2 Å². The van der Waals surface area contributed by atoms with E-state index in [-0.39, 0.29) is 6.03 Å². The van der Waals surface area contributed by atoms with E-state index in [9.17, 15) is 4.79 Å². The van der Waals surface area contributed by atoms with Gasteiger partial charge in [-0.3, -0.25) is 9.30 Å². The Labute approximate surface area is 148 Å². The van der Waals surface area contributed by atoms with Crippen LogP contribution in [0.15, 0.2) is 24.4 Å². The van der Waals surface area contributed by atoms with Crippen LogP contribution in [0, 0.1) is 0 Å². The van der Waals surface area contributed by atoms with Gasteiger partial charge in [0.2, 0.25) is 0 Å². The van der Waals surface area contributed by atoms with Crippen molar-refractivity contribution in [2.75, 3.05) is 13.1 Å². The van der Waals surface area contributed by atoms with Crippen molar-refractivity contribution >= 4 is 11.7 Å². The van der Waals surface area contributed by atoms with Crippen LogP contribution in [0.4, 0.5) is 4.79 Å². The molecule has 1 N–H and O–H groups in total. The number of hydrogen-bond donors (Lipinski definition) is 1. The fourth-order valence-electron chi connectivity index (χ4n) is 4.42. The molecule has 2 amide bonds. The van der Waals surface area contributed by atoms with Crippen LogP contribution in [-0.2, 0) is 6.54 Å². The van der Waals surface area contributed by atoms with Crippen molar-refractivity contribution in [3.05, 3.63) is 30.2 Å². The first-order valence-electron chi connectivity index (χ1n) is 9.22. The molecular formula is C18H26N6O. The Balaban J connectivity index is 1.40. The Kier molecular flexibility index (Phi) is 4.33. The number of aromatic nitrogens is 3. The summed E-state index contributed by atoms with van der Waals surface area (Å²) < 4.78 is 1.91. The number of fused-ring (bicyclic) bond motifs is 3. The van der Waals surface area contributed by atoms with E-state index >= 15 is 0 Å². The zero-order valence-electron chi connectivity index (χ0n) is 14.9. The predicted molar refractivity (Wildman–Crippen MR) is 95.2 cm³/mol. The van der Waals surface area contributed by atoms with Gasteiger partial charge in [-0.1, -0.05) is 6.07 Å². The maximum atomic E-state index is 12.7. The van der Waals surface area contributed by atoms with Gasteiger partial charge in [-0.15, -0.1) is 10.2 Å². The molecule has 2 atom stereocenters. The lowest BCUT2D eigenvalue weighted by atomic mass is 10.1. The van der Waals surface area contributed by atoms with Crippen LogP contribution in [0.5, 0.6) is 0 Å². The van der Waals surface area contributed by atoms with Crippen LogP contribution in [0.25, 0.3) is 5.65 Å². The monoisotopic (exact) mass is 342 g/mol. The summed E-state index contributed by atoms with van der Waals surface area (Å²) in [6.45, 7) is 6.56. The number of urea groups is 1. The Morgan fingerprint density at radius 3 is 2.92 bits per heavy atom. The number of likely N-dealkylation sites (tertiary alicyclic amines) is 1. The fraction of sp³-hybridized carbons (Fsp3) is 0.611. The molecule has 4 rings (SSSR count). The van der Waals surface area contributed by atoms with E-state index in [2.05, 4.69) is 34.3 Å². The zero-order valence-corrected chi connectivity index (χ0v) is 14.9. The number of amides is 2. The van der Waals surface area contributed by atoms with Crippen molar-refractivity contribution < 1.29 is 4.79 Å². The van der Waals surface area contributed by atoms with Crippen molar-refractivity contribution in [2.24, 2.45) is 0 Å². The van der Waals surface area contributed by atoms with E-state index in [4.69, 9.17) is 0 Å². The van der Waals surface area contributed by atoms with Crippen LogP contribution >= 0.6 is 0 Å². The average molecular weight is 342 g/mol. The van der Waals surface area contributed by atoms with Gasteiger partial charge >= 0.3 is 6.03 Å². The highest BCUT2D eigenvalue weighted by Gasteiger charge is 2.39. The van der Waals surface area contributed by atoms with Gasteiger partial charge in [0.05, 0.1) is 6.54 Å². The summed E-state index contributed by atoms with van der Waals surface area (Å²) in [7, 11) is 0. The van der Waals surface area contributed by atoms with E-state index in [1.807, 2.05) is 33.7 Å². The third kappa shape index (κ3) is 3.08. The molecule has 2 aliphatic heterocycles. The first kappa shape index (κ1) is 16.3. The van der Waals surface area contributed by atoms with Gasteiger partial charge < -0.3 is 10.2 Å². The van der Waals surface area contributed by atoms with Crippen LogP contribution in [0.3, 0.4) is 0 Å². The summed E-state index contributed by atoms with van der Waals surface area (Å²) in [5, 5.41) is 11.3. The third-order valence-electron chi connectivity index (χ3n) is 5.51. The first-order valence-corrected chi connectivity index (χ1v) is 9.22.